The molecule has 0 unspecified atom stereocenters. The number of hydrogen-bond donors (Lipinski definition) is 0. The van der Waals surface area contributed by atoms with Crippen LogP contribution in [0.5, 0.6) is 17.2 Å². The van der Waals surface area contributed by atoms with Crippen LogP contribution in [0.15, 0.2) is 36.4 Å². The van der Waals surface area contributed by atoms with Gasteiger partial charge in [0.25, 0.3) is 0 Å². The molecule has 1 saturated heterocycles. The zero-order valence-corrected chi connectivity index (χ0v) is 15.4. The highest BCUT2D eigenvalue weighted by molar-refractivity contribution is 5.92. The lowest BCUT2D eigenvalue weighted by atomic mass is 10.1. The van der Waals surface area contributed by atoms with Gasteiger partial charge in [0.2, 0.25) is 5.75 Å². The van der Waals surface area contributed by atoms with Crippen molar-refractivity contribution in [2.45, 2.75) is 12.7 Å². The van der Waals surface area contributed by atoms with Crippen LogP contribution in [0, 0.1) is 10.1 Å². The summed E-state index contributed by atoms with van der Waals surface area (Å²) in [6.07, 6.45) is 0.0815. The van der Waals surface area contributed by atoms with Crippen LogP contribution in [0.3, 0.4) is 0 Å². The van der Waals surface area contributed by atoms with Crippen molar-refractivity contribution in [2.24, 2.45) is 0 Å². The highest BCUT2D eigenvalue weighted by Crippen LogP contribution is 2.33. The van der Waals surface area contributed by atoms with Crippen LogP contribution in [0.2, 0.25) is 0 Å². The van der Waals surface area contributed by atoms with Gasteiger partial charge in [-0.3, -0.25) is 10.1 Å². The molecule has 28 heavy (non-hydrogen) atoms. The van der Waals surface area contributed by atoms with Crippen LogP contribution in [0.4, 0.5) is 5.69 Å². The van der Waals surface area contributed by atoms with E-state index < -0.39 is 17.2 Å². The summed E-state index contributed by atoms with van der Waals surface area (Å²) in [7, 11) is 2.89. The maximum absolute atomic E-state index is 12.5. The topological polar surface area (TPSA) is 106 Å². The molecule has 0 aromatic heterocycles. The molecule has 2 aromatic carbocycles. The smallest absolute Gasteiger partial charge is 0.344 e. The van der Waals surface area contributed by atoms with Crippen molar-refractivity contribution in [2.75, 3.05) is 27.4 Å². The first kappa shape index (κ1) is 19.6. The summed E-state index contributed by atoms with van der Waals surface area (Å²) in [6.45, 7) is 1.01. The summed E-state index contributed by atoms with van der Waals surface area (Å²) >= 11 is 0. The molecule has 0 amide bonds. The molecule has 0 spiro atoms. The molecule has 9 nitrogen and oxygen atoms in total. The molecular weight excluding hydrogens is 370 g/mol. The summed E-state index contributed by atoms with van der Waals surface area (Å²) in [5, 5.41) is 11.5. The van der Waals surface area contributed by atoms with Gasteiger partial charge in [0.05, 0.1) is 37.9 Å². The van der Waals surface area contributed by atoms with Crippen LogP contribution >= 0.6 is 0 Å². The quantitative estimate of drug-likeness (QED) is 0.321. The van der Waals surface area contributed by atoms with E-state index in [2.05, 4.69) is 0 Å². The number of nitrogens with zero attached hydrogens (tertiary/aromatic N) is 1. The fraction of sp³-hybridized carbons (Fsp3) is 0.316. The maximum atomic E-state index is 12.5. The number of nitro groups is 1. The van der Waals surface area contributed by atoms with Gasteiger partial charge in [-0.2, -0.15) is 0 Å². The third-order valence-corrected chi connectivity index (χ3v) is 4.07. The third kappa shape index (κ3) is 4.38. The molecule has 1 aliphatic heterocycles. The molecule has 0 atom stereocenters. The number of rotatable bonds is 6. The molecular formula is C19H19NO8. The second-order valence-corrected chi connectivity index (χ2v) is 5.90. The SMILES string of the molecule is COc1cc(OC)cc(C(=O)Oc2ccc(C3OCCCO3)cc2[N+](=O)[O-])c1. The monoisotopic (exact) mass is 389 g/mol. The van der Waals surface area contributed by atoms with Crippen molar-refractivity contribution >= 4 is 11.7 Å². The number of nitro benzene ring substituents is 1. The largest absolute Gasteiger partial charge is 0.497 e. The van der Waals surface area contributed by atoms with E-state index in [1.807, 2.05) is 0 Å². The van der Waals surface area contributed by atoms with Crippen molar-refractivity contribution < 1.29 is 33.4 Å². The Hall–Kier alpha value is -3.17. The van der Waals surface area contributed by atoms with Crippen LogP contribution in [-0.2, 0) is 9.47 Å². The number of carbonyl (C=O) groups excluding carboxylic acids is 1. The lowest BCUT2D eigenvalue weighted by molar-refractivity contribution is -0.385. The van der Waals surface area contributed by atoms with Crippen molar-refractivity contribution in [3.63, 3.8) is 0 Å². The van der Waals surface area contributed by atoms with E-state index in [0.29, 0.717) is 30.3 Å². The highest BCUT2D eigenvalue weighted by atomic mass is 16.7. The average molecular weight is 389 g/mol. The van der Waals surface area contributed by atoms with E-state index in [0.717, 1.165) is 6.42 Å². The molecule has 0 bridgehead atoms. The number of esters is 1. The Labute approximate surface area is 160 Å². The fourth-order valence-electron chi connectivity index (χ4n) is 2.67. The van der Waals surface area contributed by atoms with E-state index in [1.165, 1.54) is 38.5 Å². The zero-order valence-electron chi connectivity index (χ0n) is 15.4. The minimum absolute atomic E-state index is 0.133. The number of hydrogen-bond acceptors (Lipinski definition) is 8. The molecule has 1 aliphatic rings. The molecule has 1 fully saturated rings. The number of methoxy groups -OCH3 is 2. The summed E-state index contributed by atoms with van der Waals surface area (Å²) in [6, 6.07) is 8.70. The number of carbonyl (C=O) groups is 1. The molecule has 0 aliphatic carbocycles. The highest BCUT2D eigenvalue weighted by Gasteiger charge is 2.24. The second-order valence-electron chi connectivity index (χ2n) is 5.90. The molecule has 0 radical (unpaired) electrons. The van der Waals surface area contributed by atoms with E-state index in [1.54, 1.807) is 12.1 Å². The van der Waals surface area contributed by atoms with Crippen molar-refractivity contribution in [3.8, 4) is 17.2 Å². The third-order valence-electron chi connectivity index (χ3n) is 4.07. The first-order chi connectivity index (χ1) is 13.5. The van der Waals surface area contributed by atoms with Crippen LogP contribution < -0.4 is 14.2 Å². The maximum Gasteiger partial charge on any atom is 0.344 e. The predicted molar refractivity (Wildman–Crippen MR) is 96.9 cm³/mol. The lowest BCUT2D eigenvalue weighted by Gasteiger charge is -2.23. The summed E-state index contributed by atoms with van der Waals surface area (Å²) in [5.41, 5.74) is 0.251. The normalized spacial score (nSPS) is 14.4. The van der Waals surface area contributed by atoms with Gasteiger partial charge in [0.15, 0.2) is 6.29 Å². The Bertz CT molecular complexity index is 854. The van der Waals surface area contributed by atoms with Crippen molar-refractivity contribution in [3.05, 3.63) is 57.6 Å². The molecule has 3 rings (SSSR count). The summed E-state index contributed by atoms with van der Waals surface area (Å²) < 4.78 is 26.4. The van der Waals surface area contributed by atoms with Gasteiger partial charge in [-0.05, 0) is 30.7 Å². The van der Waals surface area contributed by atoms with Gasteiger partial charge < -0.3 is 23.7 Å². The van der Waals surface area contributed by atoms with Gasteiger partial charge >= 0.3 is 11.7 Å². The molecule has 2 aromatic rings. The summed E-state index contributed by atoms with van der Waals surface area (Å²) in [4.78, 5) is 23.4. The van der Waals surface area contributed by atoms with Gasteiger partial charge in [0.1, 0.15) is 11.5 Å². The van der Waals surface area contributed by atoms with Crippen LogP contribution in [0.1, 0.15) is 28.6 Å². The van der Waals surface area contributed by atoms with Crippen LogP contribution in [-0.4, -0.2) is 38.3 Å². The molecule has 148 valence electrons. The Morgan fingerprint density at radius 3 is 2.29 bits per heavy atom. The van der Waals surface area contributed by atoms with Gasteiger partial charge in [0, 0.05) is 17.7 Å². The molecule has 9 heteroatoms. The fourth-order valence-corrected chi connectivity index (χ4v) is 2.67. The Morgan fingerprint density at radius 1 is 1.07 bits per heavy atom. The van der Waals surface area contributed by atoms with E-state index in [-0.39, 0.29) is 17.0 Å². The Kier molecular flexibility index (Phi) is 6.07. The van der Waals surface area contributed by atoms with Crippen molar-refractivity contribution in [1.29, 1.82) is 0 Å². The van der Waals surface area contributed by atoms with E-state index in [9.17, 15) is 14.9 Å². The van der Waals surface area contributed by atoms with E-state index in [4.69, 9.17) is 23.7 Å². The second kappa shape index (κ2) is 8.68. The summed E-state index contributed by atoms with van der Waals surface area (Å²) in [5.74, 6) is -0.181. The number of benzene rings is 2. The minimum atomic E-state index is -0.779. The van der Waals surface area contributed by atoms with Gasteiger partial charge in [-0.15, -0.1) is 0 Å². The lowest BCUT2D eigenvalue weighted by Crippen LogP contribution is -2.18. The molecule has 0 N–H and O–H groups in total. The van der Waals surface area contributed by atoms with Crippen LogP contribution in [0.25, 0.3) is 0 Å². The first-order valence-electron chi connectivity index (χ1n) is 8.48. The minimum Gasteiger partial charge on any atom is -0.497 e. The Morgan fingerprint density at radius 2 is 1.71 bits per heavy atom. The number of ether oxygens (including phenoxy) is 5. The van der Waals surface area contributed by atoms with Crippen molar-refractivity contribution in [1.82, 2.24) is 0 Å². The van der Waals surface area contributed by atoms with Gasteiger partial charge in [-0.1, -0.05) is 0 Å². The first-order valence-corrected chi connectivity index (χ1v) is 8.48. The molecule has 0 saturated carbocycles. The zero-order chi connectivity index (χ0) is 20.1. The predicted octanol–water partition coefficient (Wildman–Crippen LogP) is 3.27. The van der Waals surface area contributed by atoms with E-state index >= 15 is 0 Å². The molecule has 1 heterocycles. The average Bonchev–Trinajstić information content (AvgIpc) is 2.73. The standard InChI is InChI=1S/C19H19NO8/c1-24-14-8-13(9-15(11-14)25-2)18(21)28-17-5-4-12(10-16(17)20(22)23)19-26-6-3-7-27-19/h4-5,8-11,19H,3,6-7H2,1-2H3. The van der Waals surface area contributed by atoms with Gasteiger partial charge in [-0.25, -0.2) is 4.79 Å². The Balaban J connectivity index is 1.87.